The Morgan fingerprint density at radius 2 is 1.10 bits per heavy atom. The lowest BCUT2D eigenvalue weighted by Crippen LogP contribution is -2.35. The summed E-state index contributed by atoms with van der Waals surface area (Å²) in [5, 5.41) is 0. The zero-order valence-corrected chi connectivity index (χ0v) is 39.8. The summed E-state index contributed by atoms with van der Waals surface area (Å²) in [5.74, 6) is 2.04. The molecule has 3 aliphatic rings. The third-order valence-corrected chi connectivity index (χ3v) is 19.1. The summed E-state index contributed by atoms with van der Waals surface area (Å²) in [5.41, 5.74) is 14.0. The molecule has 1 nitrogen and oxygen atoms in total. The van der Waals surface area contributed by atoms with Crippen molar-refractivity contribution in [2.24, 2.45) is 11.8 Å². The smallest absolute Gasteiger partial charge is 0.160 e. The molecule has 0 spiro atoms. The molecule has 0 aliphatic heterocycles. The van der Waals surface area contributed by atoms with Crippen LogP contribution < -0.4 is 0 Å². The van der Waals surface area contributed by atoms with Gasteiger partial charge in [-0.15, -0.1) is 45.3 Å². The number of rotatable bonds is 9. The summed E-state index contributed by atoms with van der Waals surface area (Å²) in [6.07, 6.45) is 9.52. The molecule has 3 aliphatic carbocycles. The number of carbonyl (C=O) groups is 1. The summed E-state index contributed by atoms with van der Waals surface area (Å²) in [7, 11) is 0. The molecule has 4 aromatic heterocycles. The van der Waals surface area contributed by atoms with Gasteiger partial charge in [-0.3, -0.25) is 4.79 Å². The Labute approximate surface area is 373 Å². The van der Waals surface area contributed by atoms with Gasteiger partial charge in [-0.05, 0) is 114 Å². The molecule has 0 N–H and O–H groups in total. The van der Waals surface area contributed by atoms with E-state index in [2.05, 4.69) is 174 Å². The first kappa shape index (κ1) is 39.5. The fraction of sp³-hybridized carbons (Fsp3) is 0.302. The minimum absolute atomic E-state index is 0.238. The van der Waals surface area contributed by atoms with E-state index in [1.165, 1.54) is 93.9 Å². The number of allylic oxidation sites excluding steroid dienone is 4. The number of hydrogen-bond donors (Lipinski definition) is 0. The highest BCUT2D eigenvalue weighted by atomic mass is 79.9. The van der Waals surface area contributed by atoms with Crippen LogP contribution in [0.15, 0.2) is 113 Å². The number of benzene rings is 3. The second-order valence-electron chi connectivity index (χ2n) is 18.0. The summed E-state index contributed by atoms with van der Waals surface area (Å²) >= 11 is 11.6. The molecule has 0 saturated heterocycles. The van der Waals surface area contributed by atoms with Gasteiger partial charge in [0.05, 0.1) is 48.4 Å². The van der Waals surface area contributed by atoms with E-state index in [1.807, 2.05) is 34.0 Å². The average Bonchev–Trinajstić information content (AvgIpc) is 4.07. The van der Waals surface area contributed by atoms with Gasteiger partial charge < -0.3 is 0 Å². The van der Waals surface area contributed by atoms with E-state index in [4.69, 9.17) is 0 Å². The molecular weight excluding hydrogens is 861 g/mol. The average molecular weight is 910 g/mol. The maximum absolute atomic E-state index is 12.7. The topological polar surface area (TPSA) is 17.1 Å². The predicted octanol–water partition coefficient (Wildman–Crippen LogP) is 16.9. The zero-order valence-electron chi connectivity index (χ0n) is 34.9. The van der Waals surface area contributed by atoms with Gasteiger partial charge in [0.1, 0.15) is 0 Å². The molecule has 298 valence electrons. The number of aldehydes is 1. The normalized spacial score (nSPS) is 18.9. The summed E-state index contributed by atoms with van der Waals surface area (Å²) in [4.78, 5) is 18.9. The maximum atomic E-state index is 12.7. The van der Waals surface area contributed by atoms with Crippen LogP contribution in [0.5, 0.6) is 0 Å². The number of halogens is 1. The second kappa shape index (κ2) is 14.5. The van der Waals surface area contributed by atoms with Crippen molar-refractivity contribution < 1.29 is 4.79 Å². The number of thiophene rings is 4. The Kier molecular flexibility index (Phi) is 9.69. The van der Waals surface area contributed by atoms with Crippen molar-refractivity contribution in [2.45, 2.75) is 90.4 Å². The predicted molar refractivity (Wildman–Crippen MR) is 260 cm³/mol. The standard InChI is InChI=1S/C53H49BrOS4/c1-28(2)32-9-17-36(18-10-32)52(37-19-11-33(12-20-37)29(3)4)41-25-40(27-55)56-46(41)48-44(52)50-51(58-48)45-49(59-50)47-42(26-43(54)57-47)53(45,38-21-13-34(14-22-38)30(5)6)39-23-15-35(16-24-39)31(7)8/h9-23,25-31,39H,24H2,1-8H3. The third kappa shape index (κ3) is 5.65. The van der Waals surface area contributed by atoms with Crippen LogP contribution in [0.2, 0.25) is 0 Å². The van der Waals surface area contributed by atoms with E-state index in [1.54, 1.807) is 11.3 Å². The van der Waals surface area contributed by atoms with E-state index in [-0.39, 0.29) is 11.3 Å². The second-order valence-corrected chi connectivity index (χ2v) is 23.6. The van der Waals surface area contributed by atoms with Gasteiger partial charge >= 0.3 is 0 Å². The Bertz CT molecular complexity index is 2780. The Morgan fingerprint density at radius 3 is 1.59 bits per heavy atom. The monoisotopic (exact) mass is 908 g/mol. The first-order valence-corrected chi connectivity index (χ1v) is 25.1. The van der Waals surface area contributed by atoms with E-state index in [0.717, 1.165) is 17.6 Å². The van der Waals surface area contributed by atoms with Gasteiger partial charge in [0, 0.05) is 11.1 Å². The van der Waals surface area contributed by atoms with Crippen LogP contribution in [0.1, 0.15) is 145 Å². The van der Waals surface area contributed by atoms with Gasteiger partial charge in [-0.25, -0.2) is 0 Å². The maximum Gasteiger partial charge on any atom is 0.160 e. The molecule has 4 heterocycles. The first-order valence-electron chi connectivity index (χ1n) is 21.1. The Morgan fingerprint density at radius 1 is 0.593 bits per heavy atom. The molecule has 7 aromatic rings. The molecule has 0 fully saturated rings. The van der Waals surface area contributed by atoms with Gasteiger partial charge in [0.25, 0.3) is 0 Å². The highest BCUT2D eigenvalue weighted by Gasteiger charge is 2.56. The Balaban J connectivity index is 1.32. The molecule has 0 radical (unpaired) electrons. The van der Waals surface area contributed by atoms with Crippen LogP contribution in [0.3, 0.4) is 0 Å². The van der Waals surface area contributed by atoms with Crippen molar-refractivity contribution in [3.8, 4) is 19.5 Å². The van der Waals surface area contributed by atoms with Crippen molar-refractivity contribution in [1.82, 2.24) is 0 Å². The van der Waals surface area contributed by atoms with Crippen molar-refractivity contribution in [2.75, 3.05) is 0 Å². The lowest BCUT2D eigenvalue weighted by Gasteiger charge is -2.39. The van der Waals surface area contributed by atoms with Crippen LogP contribution in [-0.2, 0) is 10.8 Å². The van der Waals surface area contributed by atoms with Crippen LogP contribution in [-0.4, -0.2) is 6.29 Å². The highest BCUT2D eigenvalue weighted by Crippen LogP contribution is 2.70. The van der Waals surface area contributed by atoms with E-state index >= 15 is 0 Å². The molecule has 3 aromatic carbocycles. The summed E-state index contributed by atoms with van der Waals surface area (Å²) in [6, 6.07) is 33.2. The summed E-state index contributed by atoms with van der Waals surface area (Å²) in [6.45, 7) is 18.3. The molecule has 59 heavy (non-hydrogen) atoms. The first-order chi connectivity index (χ1) is 28.4. The Hall–Kier alpha value is -3.65. The molecular formula is C53H49BrOS4. The minimum atomic E-state index is -0.579. The zero-order chi connectivity index (χ0) is 41.1. The van der Waals surface area contributed by atoms with E-state index in [9.17, 15) is 4.79 Å². The fourth-order valence-electron chi connectivity index (χ4n) is 10.4. The lowest BCUT2D eigenvalue weighted by atomic mass is 9.62. The molecule has 0 amide bonds. The van der Waals surface area contributed by atoms with Crippen molar-refractivity contribution >= 4 is 77.0 Å². The number of hydrogen-bond acceptors (Lipinski definition) is 5. The van der Waals surface area contributed by atoms with E-state index < -0.39 is 5.41 Å². The minimum Gasteiger partial charge on any atom is -0.297 e. The molecule has 6 heteroatoms. The van der Waals surface area contributed by atoms with Crippen LogP contribution in [0.25, 0.3) is 28.9 Å². The van der Waals surface area contributed by atoms with Crippen LogP contribution in [0.4, 0.5) is 0 Å². The van der Waals surface area contributed by atoms with Crippen LogP contribution >= 0.6 is 61.3 Å². The molecule has 2 unspecified atom stereocenters. The SMILES string of the molecule is CC(C)C1=CCC(C2(c3ccc(C(C)C)cc3)c3cc(Br)sc3-c3sc4c5c(sc4c32)-c2sc(C=O)cc2C5(c2ccc(C(C)C)cc2)c2ccc(C(C)C)cc2)C=C1. The summed E-state index contributed by atoms with van der Waals surface area (Å²) < 4.78 is 3.98. The van der Waals surface area contributed by atoms with Crippen molar-refractivity contribution in [1.29, 1.82) is 0 Å². The third-order valence-electron chi connectivity index (χ3n) is 13.5. The molecule has 0 bridgehead atoms. The fourth-order valence-corrected chi connectivity index (χ4v) is 16.5. The van der Waals surface area contributed by atoms with Gasteiger partial charge in [-0.1, -0.05) is 146 Å². The quantitative estimate of drug-likeness (QED) is 0.132. The van der Waals surface area contributed by atoms with Gasteiger partial charge in [0.15, 0.2) is 6.29 Å². The lowest BCUT2D eigenvalue weighted by molar-refractivity contribution is 0.112. The van der Waals surface area contributed by atoms with Crippen LogP contribution in [0, 0.1) is 11.8 Å². The molecule has 10 rings (SSSR count). The van der Waals surface area contributed by atoms with Crippen molar-refractivity contribution in [3.05, 3.63) is 173 Å². The van der Waals surface area contributed by atoms with E-state index in [0.29, 0.717) is 23.7 Å². The van der Waals surface area contributed by atoms with Crippen molar-refractivity contribution in [3.63, 3.8) is 0 Å². The van der Waals surface area contributed by atoms with Gasteiger partial charge in [0.2, 0.25) is 0 Å². The number of carbonyl (C=O) groups excluding carboxylic acids is 1. The largest absolute Gasteiger partial charge is 0.297 e. The molecule has 2 atom stereocenters. The highest BCUT2D eigenvalue weighted by molar-refractivity contribution is 9.11. The molecule has 0 saturated carbocycles. The number of fused-ring (bicyclic) bond motifs is 9. The van der Waals surface area contributed by atoms with Gasteiger partial charge in [-0.2, -0.15) is 0 Å².